The van der Waals surface area contributed by atoms with E-state index in [9.17, 15) is 5.11 Å². The molecule has 0 spiro atoms. The van der Waals surface area contributed by atoms with Gasteiger partial charge in [-0.15, -0.1) is 0 Å². The van der Waals surface area contributed by atoms with E-state index in [4.69, 9.17) is 0 Å². The maximum atomic E-state index is 9.74. The summed E-state index contributed by atoms with van der Waals surface area (Å²) >= 11 is 0. The molecule has 4 heteroatoms. The molecule has 0 saturated heterocycles. The van der Waals surface area contributed by atoms with Crippen molar-refractivity contribution in [3.8, 4) is 16.9 Å². The fraction of sp³-hybridized carbons (Fsp3) is 0. The van der Waals surface area contributed by atoms with Gasteiger partial charge >= 0.3 is 0 Å². The van der Waals surface area contributed by atoms with Crippen molar-refractivity contribution in [2.45, 2.75) is 0 Å². The maximum Gasteiger partial charge on any atom is 0.123 e. The summed E-state index contributed by atoms with van der Waals surface area (Å²) in [6.07, 6.45) is 0. The van der Waals surface area contributed by atoms with Gasteiger partial charge in [0.1, 0.15) is 16.8 Å². The molecule has 3 rings (SSSR count). The van der Waals surface area contributed by atoms with Crippen molar-refractivity contribution in [3.05, 3.63) is 42.5 Å². The Labute approximate surface area is 91.5 Å². The number of benzene rings is 2. The van der Waals surface area contributed by atoms with E-state index in [1.165, 1.54) is 0 Å². The van der Waals surface area contributed by atoms with Crippen LogP contribution in [0.5, 0.6) is 5.75 Å². The first kappa shape index (κ1) is 8.91. The zero-order chi connectivity index (χ0) is 11.0. The zero-order valence-corrected chi connectivity index (χ0v) is 8.38. The molecule has 0 bridgehead atoms. The van der Waals surface area contributed by atoms with Gasteiger partial charge in [-0.2, -0.15) is 15.4 Å². The molecule has 0 amide bonds. The van der Waals surface area contributed by atoms with Crippen molar-refractivity contribution in [2.75, 3.05) is 0 Å². The van der Waals surface area contributed by atoms with Gasteiger partial charge in [0, 0.05) is 5.56 Å². The molecular formula is C12H9N3O. The lowest BCUT2D eigenvalue weighted by Gasteiger charge is -2.03. The average molecular weight is 211 g/mol. The number of rotatable bonds is 1. The zero-order valence-electron chi connectivity index (χ0n) is 8.38. The highest BCUT2D eigenvalue weighted by molar-refractivity contribution is 5.82. The minimum absolute atomic E-state index is 0.269. The van der Waals surface area contributed by atoms with E-state index in [0.29, 0.717) is 0 Å². The molecule has 0 aliphatic heterocycles. The largest absolute Gasteiger partial charge is 0.507 e. The maximum absolute atomic E-state index is 9.74. The molecule has 0 aliphatic rings. The Morgan fingerprint density at radius 3 is 2.62 bits per heavy atom. The number of hydrogen-bond acceptors (Lipinski definition) is 3. The first-order chi connectivity index (χ1) is 7.84. The van der Waals surface area contributed by atoms with Crippen molar-refractivity contribution < 1.29 is 5.11 Å². The highest BCUT2D eigenvalue weighted by Crippen LogP contribution is 2.29. The van der Waals surface area contributed by atoms with Crippen molar-refractivity contribution in [2.24, 2.45) is 0 Å². The summed E-state index contributed by atoms with van der Waals surface area (Å²) in [4.78, 5) is 0. The quantitative estimate of drug-likeness (QED) is 0.649. The van der Waals surface area contributed by atoms with Crippen molar-refractivity contribution in [1.82, 2.24) is 15.4 Å². The van der Waals surface area contributed by atoms with Gasteiger partial charge in [-0.05, 0) is 23.8 Å². The van der Waals surface area contributed by atoms with Crippen molar-refractivity contribution >= 4 is 11.0 Å². The number of H-pyrrole nitrogens is 1. The van der Waals surface area contributed by atoms with Gasteiger partial charge in [0.25, 0.3) is 0 Å². The van der Waals surface area contributed by atoms with Gasteiger partial charge in [0.15, 0.2) is 0 Å². The third-order valence-electron chi connectivity index (χ3n) is 2.53. The topological polar surface area (TPSA) is 61.8 Å². The van der Waals surface area contributed by atoms with Crippen LogP contribution in [0, 0.1) is 0 Å². The number of hydrogen-bond donors (Lipinski definition) is 2. The van der Waals surface area contributed by atoms with Crippen LogP contribution in [0.25, 0.3) is 22.2 Å². The Kier molecular flexibility index (Phi) is 1.86. The van der Waals surface area contributed by atoms with Crippen molar-refractivity contribution in [1.29, 1.82) is 0 Å². The molecule has 0 saturated carbocycles. The molecule has 2 N–H and O–H groups in total. The van der Waals surface area contributed by atoms with Crippen LogP contribution in [0.3, 0.4) is 0 Å². The summed E-state index contributed by atoms with van der Waals surface area (Å²) in [7, 11) is 0. The molecule has 3 aromatic rings. The Morgan fingerprint density at radius 2 is 1.75 bits per heavy atom. The number of nitrogens with one attached hydrogen (secondary N) is 1. The van der Waals surface area contributed by atoms with Crippen LogP contribution >= 0.6 is 0 Å². The minimum Gasteiger partial charge on any atom is -0.507 e. The van der Waals surface area contributed by atoms with E-state index < -0.39 is 0 Å². The number of fused-ring (bicyclic) bond motifs is 1. The standard InChI is InChI=1S/C12H9N3O/c16-12-4-2-1-3-9(12)8-5-6-10-11(7-8)14-15-13-10/h1-7,16H,(H,13,14,15). The molecule has 0 atom stereocenters. The molecule has 4 nitrogen and oxygen atoms in total. The second kappa shape index (κ2) is 3.34. The van der Waals surface area contributed by atoms with Gasteiger partial charge in [0.05, 0.1) is 0 Å². The number of phenols is 1. The smallest absolute Gasteiger partial charge is 0.123 e. The lowest BCUT2D eigenvalue weighted by atomic mass is 10.0. The van der Waals surface area contributed by atoms with E-state index >= 15 is 0 Å². The summed E-state index contributed by atoms with van der Waals surface area (Å²) in [6.45, 7) is 0. The molecule has 0 radical (unpaired) electrons. The van der Waals surface area contributed by atoms with Crippen LogP contribution in [0.2, 0.25) is 0 Å². The number of nitrogens with zero attached hydrogens (tertiary/aromatic N) is 2. The van der Waals surface area contributed by atoms with E-state index in [1.807, 2.05) is 30.3 Å². The van der Waals surface area contributed by atoms with Crippen LogP contribution in [-0.4, -0.2) is 20.5 Å². The van der Waals surface area contributed by atoms with Gasteiger partial charge in [-0.3, -0.25) is 0 Å². The van der Waals surface area contributed by atoms with Gasteiger partial charge in [-0.25, -0.2) is 0 Å². The second-order valence-electron chi connectivity index (χ2n) is 3.54. The molecular weight excluding hydrogens is 202 g/mol. The molecule has 2 aromatic carbocycles. The average Bonchev–Trinajstić information content (AvgIpc) is 2.76. The first-order valence-electron chi connectivity index (χ1n) is 4.93. The monoisotopic (exact) mass is 211 g/mol. The third kappa shape index (κ3) is 1.32. The van der Waals surface area contributed by atoms with Crippen molar-refractivity contribution in [3.63, 3.8) is 0 Å². The molecule has 1 heterocycles. The third-order valence-corrected chi connectivity index (χ3v) is 2.53. The summed E-state index contributed by atoms with van der Waals surface area (Å²) in [5.41, 5.74) is 3.34. The van der Waals surface area contributed by atoms with Crippen LogP contribution in [0.4, 0.5) is 0 Å². The van der Waals surface area contributed by atoms with E-state index in [1.54, 1.807) is 12.1 Å². The fourth-order valence-electron chi connectivity index (χ4n) is 1.73. The highest BCUT2D eigenvalue weighted by Gasteiger charge is 2.05. The van der Waals surface area contributed by atoms with E-state index in [2.05, 4.69) is 15.4 Å². The van der Waals surface area contributed by atoms with Gasteiger partial charge in [-0.1, -0.05) is 24.3 Å². The molecule has 0 unspecified atom stereocenters. The lowest BCUT2D eigenvalue weighted by Crippen LogP contribution is -1.79. The predicted octanol–water partition coefficient (Wildman–Crippen LogP) is 2.33. The van der Waals surface area contributed by atoms with Crippen LogP contribution in [-0.2, 0) is 0 Å². The van der Waals surface area contributed by atoms with Crippen LogP contribution < -0.4 is 0 Å². The van der Waals surface area contributed by atoms with E-state index in [-0.39, 0.29) is 5.75 Å². The minimum atomic E-state index is 0.269. The molecule has 16 heavy (non-hydrogen) atoms. The molecule has 0 fully saturated rings. The normalized spacial score (nSPS) is 10.8. The summed E-state index contributed by atoms with van der Waals surface area (Å²) in [5, 5.41) is 20.3. The van der Waals surface area contributed by atoms with Crippen LogP contribution in [0.15, 0.2) is 42.5 Å². The van der Waals surface area contributed by atoms with E-state index in [0.717, 1.165) is 22.2 Å². The molecule has 0 aliphatic carbocycles. The Hall–Kier alpha value is -2.36. The molecule has 78 valence electrons. The summed E-state index contributed by atoms with van der Waals surface area (Å²) in [6, 6.07) is 12.9. The number of aromatic nitrogens is 3. The summed E-state index contributed by atoms with van der Waals surface area (Å²) < 4.78 is 0. The molecule has 1 aromatic heterocycles. The number of aromatic amines is 1. The van der Waals surface area contributed by atoms with Crippen LogP contribution in [0.1, 0.15) is 0 Å². The number of phenolic OH excluding ortho intramolecular Hbond substituents is 1. The number of aromatic hydroxyl groups is 1. The Bertz CT molecular complexity index is 645. The highest BCUT2D eigenvalue weighted by atomic mass is 16.3. The fourth-order valence-corrected chi connectivity index (χ4v) is 1.73. The first-order valence-corrected chi connectivity index (χ1v) is 4.93. The summed E-state index contributed by atoms with van der Waals surface area (Å²) in [5.74, 6) is 0.269. The van der Waals surface area contributed by atoms with Gasteiger partial charge < -0.3 is 5.11 Å². The Morgan fingerprint density at radius 1 is 0.938 bits per heavy atom. The lowest BCUT2D eigenvalue weighted by molar-refractivity contribution is 0.477. The SMILES string of the molecule is Oc1ccccc1-c1ccc2n[nH]nc2c1. The van der Waals surface area contributed by atoms with Gasteiger partial charge in [0.2, 0.25) is 0 Å². The second-order valence-corrected chi connectivity index (χ2v) is 3.54. The number of para-hydroxylation sites is 1. The Balaban J connectivity index is 2.22. The predicted molar refractivity (Wildman–Crippen MR) is 61.0 cm³/mol.